The van der Waals surface area contributed by atoms with Gasteiger partial charge >= 0.3 is 0 Å². The zero-order valence-electron chi connectivity index (χ0n) is 11.4. The minimum absolute atomic E-state index is 0.0465. The molecule has 0 saturated heterocycles. The van der Waals surface area contributed by atoms with Crippen molar-refractivity contribution in [3.63, 3.8) is 0 Å². The van der Waals surface area contributed by atoms with Gasteiger partial charge in [0.15, 0.2) is 5.57 Å². The number of carbonyl (C=O) groups excluding carboxylic acids is 1. The average molecular weight is 258 g/mol. The van der Waals surface area contributed by atoms with Gasteiger partial charge in [-0.15, -0.1) is 0 Å². The van der Waals surface area contributed by atoms with E-state index < -0.39 is 5.91 Å². The monoisotopic (exact) mass is 258 g/mol. The molecule has 1 aromatic rings. The number of rotatable bonds is 5. The van der Waals surface area contributed by atoms with E-state index in [2.05, 4.69) is 19.2 Å². The van der Waals surface area contributed by atoms with Crippen LogP contribution < -0.4 is 5.32 Å². The second-order valence-corrected chi connectivity index (χ2v) is 4.33. The molecule has 0 saturated carbocycles. The van der Waals surface area contributed by atoms with Crippen molar-refractivity contribution in [1.29, 1.82) is 5.26 Å². The number of hydrogen-bond donors (Lipinski definition) is 1. The molecule has 0 radical (unpaired) electrons. The second kappa shape index (κ2) is 7.22. The van der Waals surface area contributed by atoms with Gasteiger partial charge < -0.3 is 10.1 Å². The fourth-order valence-electron chi connectivity index (χ4n) is 1.45. The topological polar surface area (TPSA) is 62.1 Å². The summed E-state index contributed by atoms with van der Waals surface area (Å²) in [4.78, 5) is 11.8. The molecule has 0 atom stereocenters. The van der Waals surface area contributed by atoms with Gasteiger partial charge in [-0.05, 0) is 30.5 Å². The number of carbonyl (C=O) groups is 1. The van der Waals surface area contributed by atoms with Crippen molar-refractivity contribution in [2.24, 2.45) is 0 Å². The smallest absolute Gasteiger partial charge is 0.269 e. The van der Waals surface area contributed by atoms with Crippen LogP contribution in [0.4, 0.5) is 5.69 Å². The molecule has 0 fully saturated rings. The molecule has 19 heavy (non-hydrogen) atoms. The Morgan fingerprint density at radius 3 is 2.53 bits per heavy atom. The van der Waals surface area contributed by atoms with Crippen molar-refractivity contribution < 1.29 is 9.53 Å². The van der Waals surface area contributed by atoms with E-state index >= 15 is 0 Å². The first-order valence-corrected chi connectivity index (χ1v) is 6.21. The number of benzene rings is 1. The molecule has 0 aliphatic rings. The molecule has 0 spiro atoms. The molecular weight excluding hydrogens is 240 g/mol. The van der Waals surface area contributed by atoms with Crippen molar-refractivity contribution in [3.05, 3.63) is 41.7 Å². The van der Waals surface area contributed by atoms with Crippen LogP contribution in [0.15, 0.2) is 36.1 Å². The summed E-state index contributed by atoms with van der Waals surface area (Å²) >= 11 is 0. The Bertz CT molecular complexity index is 496. The highest BCUT2D eigenvalue weighted by Crippen LogP contribution is 2.17. The zero-order chi connectivity index (χ0) is 14.3. The molecule has 4 nitrogen and oxygen atoms in total. The fraction of sp³-hybridized carbons (Fsp3) is 0.333. The van der Waals surface area contributed by atoms with E-state index in [-0.39, 0.29) is 5.57 Å². The van der Waals surface area contributed by atoms with Gasteiger partial charge in [0.05, 0.1) is 6.61 Å². The van der Waals surface area contributed by atoms with E-state index in [0.29, 0.717) is 18.2 Å². The van der Waals surface area contributed by atoms with Gasteiger partial charge in [0.1, 0.15) is 12.3 Å². The number of nitrogens with one attached hydrogen (secondary N) is 1. The van der Waals surface area contributed by atoms with E-state index in [9.17, 15) is 4.79 Å². The van der Waals surface area contributed by atoms with Crippen molar-refractivity contribution in [1.82, 2.24) is 0 Å². The van der Waals surface area contributed by atoms with E-state index in [0.717, 1.165) is 0 Å². The van der Waals surface area contributed by atoms with E-state index in [4.69, 9.17) is 10.00 Å². The van der Waals surface area contributed by atoms with Crippen LogP contribution in [-0.4, -0.2) is 12.5 Å². The van der Waals surface area contributed by atoms with E-state index in [1.165, 1.54) is 11.8 Å². The molecule has 0 aliphatic heterocycles. The molecule has 1 rings (SSSR count). The number of nitriles is 1. The van der Waals surface area contributed by atoms with Crippen LogP contribution in [0, 0.1) is 11.3 Å². The van der Waals surface area contributed by atoms with Crippen LogP contribution in [0.25, 0.3) is 0 Å². The number of ether oxygens (including phenoxy) is 1. The average Bonchev–Trinajstić information content (AvgIpc) is 2.40. The number of amides is 1. The summed E-state index contributed by atoms with van der Waals surface area (Å²) in [5.41, 5.74) is 1.81. The third kappa shape index (κ3) is 4.47. The molecule has 0 heterocycles. The lowest BCUT2D eigenvalue weighted by Crippen LogP contribution is -2.13. The number of nitrogens with zero attached hydrogens (tertiary/aromatic N) is 1. The highest BCUT2D eigenvalue weighted by Gasteiger charge is 2.09. The Morgan fingerprint density at radius 2 is 2.05 bits per heavy atom. The van der Waals surface area contributed by atoms with Gasteiger partial charge in [-0.2, -0.15) is 5.26 Å². The summed E-state index contributed by atoms with van der Waals surface area (Å²) in [6.45, 7) is 6.41. The SMILES string of the molecule is CCOC=C(C#N)C(=O)Nc1ccc(C(C)C)cc1. The highest BCUT2D eigenvalue weighted by atomic mass is 16.5. The Labute approximate surface area is 113 Å². The molecule has 1 aromatic carbocycles. The van der Waals surface area contributed by atoms with Crippen molar-refractivity contribution in [2.45, 2.75) is 26.7 Å². The lowest BCUT2D eigenvalue weighted by molar-refractivity contribution is -0.112. The van der Waals surface area contributed by atoms with Crippen molar-refractivity contribution in [2.75, 3.05) is 11.9 Å². The minimum atomic E-state index is -0.465. The van der Waals surface area contributed by atoms with Crippen LogP contribution in [-0.2, 0) is 9.53 Å². The normalized spacial score (nSPS) is 11.0. The predicted molar refractivity (Wildman–Crippen MR) is 74.5 cm³/mol. The third-order valence-corrected chi connectivity index (χ3v) is 2.57. The highest BCUT2D eigenvalue weighted by molar-refractivity contribution is 6.06. The van der Waals surface area contributed by atoms with Crippen molar-refractivity contribution in [3.8, 4) is 6.07 Å². The number of hydrogen-bond acceptors (Lipinski definition) is 3. The third-order valence-electron chi connectivity index (χ3n) is 2.57. The van der Waals surface area contributed by atoms with Crippen LogP contribution in [0.2, 0.25) is 0 Å². The summed E-state index contributed by atoms with van der Waals surface area (Å²) in [6, 6.07) is 9.37. The van der Waals surface area contributed by atoms with Gasteiger partial charge in [0, 0.05) is 5.69 Å². The molecule has 4 heteroatoms. The minimum Gasteiger partial charge on any atom is -0.500 e. The van der Waals surface area contributed by atoms with E-state index in [1.54, 1.807) is 6.92 Å². The van der Waals surface area contributed by atoms with Gasteiger partial charge in [0.25, 0.3) is 5.91 Å². The summed E-state index contributed by atoms with van der Waals surface area (Å²) in [5.74, 6) is -0.0227. The Hall–Kier alpha value is -2.28. The molecule has 1 amide bonds. The Kier molecular flexibility index (Phi) is 5.62. The molecular formula is C15H18N2O2. The van der Waals surface area contributed by atoms with Gasteiger partial charge in [-0.1, -0.05) is 26.0 Å². The maximum absolute atomic E-state index is 11.8. The first-order chi connectivity index (χ1) is 9.08. The maximum Gasteiger partial charge on any atom is 0.269 e. The van der Waals surface area contributed by atoms with Crippen LogP contribution in [0.1, 0.15) is 32.3 Å². The van der Waals surface area contributed by atoms with Gasteiger partial charge in [-0.3, -0.25) is 4.79 Å². The summed E-state index contributed by atoms with van der Waals surface area (Å²) < 4.78 is 4.95. The van der Waals surface area contributed by atoms with E-state index in [1.807, 2.05) is 30.3 Å². The lowest BCUT2D eigenvalue weighted by atomic mass is 10.0. The predicted octanol–water partition coefficient (Wildman–Crippen LogP) is 3.19. The van der Waals surface area contributed by atoms with Gasteiger partial charge in [0.2, 0.25) is 0 Å². The molecule has 0 aliphatic carbocycles. The zero-order valence-corrected chi connectivity index (χ0v) is 11.4. The van der Waals surface area contributed by atoms with Crippen LogP contribution in [0.5, 0.6) is 0 Å². The lowest BCUT2D eigenvalue weighted by Gasteiger charge is -2.08. The molecule has 0 unspecified atom stereocenters. The Morgan fingerprint density at radius 1 is 1.42 bits per heavy atom. The van der Waals surface area contributed by atoms with Gasteiger partial charge in [-0.25, -0.2) is 0 Å². The quantitative estimate of drug-likeness (QED) is 0.501. The standard InChI is InChI=1S/C15H18N2O2/c1-4-19-10-13(9-16)15(18)17-14-7-5-12(6-8-14)11(2)3/h5-8,10-11H,4H2,1-3H3,(H,17,18). The summed E-state index contributed by atoms with van der Waals surface area (Å²) in [6.07, 6.45) is 1.18. The molecule has 1 N–H and O–H groups in total. The molecule has 0 aromatic heterocycles. The first-order valence-electron chi connectivity index (χ1n) is 6.21. The van der Waals surface area contributed by atoms with Crippen molar-refractivity contribution >= 4 is 11.6 Å². The molecule has 0 bridgehead atoms. The summed E-state index contributed by atoms with van der Waals surface area (Å²) in [7, 11) is 0. The first kappa shape index (κ1) is 14.8. The second-order valence-electron chi connectivity index (χ2n) is 4.33. The molecule has 100 valence electrons. The van der Waals surface area contributed by atoms with Crippen LogP contribution in [0.3, 0.4) is 0 Å². The fourth-order valence-corrected chi connectivity index (χ4v) is 1.45. The maximum atomic E-state index is 11.8. The Balaban J connectivity index is 2.74. The summed E-state index contributed by atoms with van der Waals surface area (Å²) in [5, 5.41) is 11.5. The van der Waals surface area contributed by atoms with Crippen LogP contribution >= 0.6 is 0 Å². The largest absolute Gasteiger partial charge is 0.500 e. The number of anilines is 1.